The number of fused-ring (bicyclic) bond motifs is 2. The number of hydrogen-bond donors (Lipinski definition) is 5. The van der Waals surface area contributed by atoms with Crippen molar-refractivity contribution < 1.29 is 44.5 Å². The zero-order valence-corrected chi connectivity index (χ0v) is 21.2. The highest BCUT2D eigenvalue weighted by Crippen LogP contribution is 2.79. The molecule has 1 spiro atoms. The van der Waals surface area contributed by atoms with Gasteiger partial charge in [-0.05, 0) is 18.9 Å². The van der Waals surface area contributed by atoms with E-state index in [2.05, 4.69) is 11.8 Å². The number of nitrogens with zero attached hydrogens (tertiary/aromatic N) is 1. The van der Waals surface area contributed by atoms with E-state index in [-0.39, 0.29) is 18.4 Å². The summed E-state index contributed by atoms with van der Waals surface area (Å²) in [6.45, 7) is 3.58. The van der Waals surface area contributed by atoms with Crippen LogP contribution in [0.5, 0.6) is 0 Å². The number of aliphatic hydroxyl groups is 5. The van der Waals surface area contributed by atoms with Crippen molar-refractivity contribution in [2.24, 2.45) is 34.5 Å². The first-order chi connectivity index (χ1) is 16.6. The van der Waals surface area contributed by atoms with Crippen molar-refractivity contribution in [2.75, 3.05) is 48.1 Å². The van der Waals surface area contributed by atoms with Crippen LogP contribution in [0.3, 0.4) is 0 Å². The molecule has 35 heavy (non-hydrogen) atoms. The highest BCUT2D eigenvalue weighted by molar-refractivity contribution is 5.39. The van der Waals surface area contributed by atoms with Crippen molar-refractivity contribution in [2.45, 2.75) is 73.6 Å². The van der Waals surface area contributed by atoms with Crippen LogP contribution in [0.25, 0.3) is 0 Å². The second-order valence-electron chi connectivity index (χ2n) is 12.1. The van der Waals surface area contributed by atoms with E-state index in [1.54, 1.807) is 21.3 Å². The van der Waals surface area contributed by atoms with E-state index in [9.17, 15) is 25.5 Å². The van der Waals surface area contributed by atoms with Gasteiger partial charge in [-0.1, -0.05) is 6.92 Å². The average molecular weight is 500 g/mol. The third-order valence-corrected chi connectivity index (χ3v) is 11.7. The van der Waals surface area contributed by atoms with Crippen molar-refractivity contribution in [1.82, 2.24) is 4.90 Å². The minimum Gasteiger partial charge on any atom is -0.392 e. The summed E-state index contributed by atoms with van der Waals surface area (Å²) >= 11 is 0. The van der Waals surface area contributed by atoms with Crippen molar-refractivity contribution in [3.8, 4) is 0 Å². The Morgan fingerprint density at radius 1 is 0.943 bits per heavy atom. The van der Waals surface area contributed by atoms with Crippen LogP contribution in [0.2, 0.25) is 0 Å². The Morgan fingerprint density at radius 2 is 1.66 bits per heavy atom. The smallest absolute Gasteiger partial charge is 0.120 e. The van der Waals surface area contributed by atoms with Gasteiger partial charge >= 0.3 is 0 Å². The van der Waals surface area contributed by atoms with Crippen LogP contribution < -0.4 is 0 Å². The van der Waals surface area contributed by atoms with Crippen molar-refractivity contribution >= 4 is 0 Å². The maximum absolute atomic E-state index is 12.6. The molecule has 0 aromatic carbocycles. The number of piperidine rings is 1. The molecule has 7 bridgehead atoms. The van der Waals surface area contributed by atoms with Gasteiger partial charge < -0.3 is 44.5 Å². The molecule has 1 aliphatic heterocycles. The molecule has 0 aromatic rings. The Labute approximate surface area is 206 Å². The molecule has 0 radical (unpaired) electrons. The van der Waals surface area contributed by atoms with E-state index >= 15 is 0 Å². The van der Waals surface area contributed by atoms with Gasteiger partial charge in [-0.25, -0.2) is 0 Å². The zero-order chi connectivity index (χ0) is 25.3. The molecule has 6 rings (SSSR count). The second-order valence-corrected chi connectivity index (χ2v) is 12.1. The molecule has 1 heterocycles. The third-order valence-electron chi connectivity index (χ3n) is 11.7. The topological polar surface area (TPSA) is 141 Å². The fraction of sp³-hybridized carbons (Fsp3) is 1.00. The number of likely N-dealkylation sites (tertiary alicyclic amines) is 1. The Bertz CT molecular complexity index is 878. The maximum Gasteiger partial charge on any atom is 0.120 e. The molecule has 6 fully saturated rings. The molecular formula is C25H41NO9. The largest absolute Gasteiger partial charge is 0.392 e. The fourth-order valence-electron chi connectivity index (χ4n) is 11.0. The van der Waals surface area contributed by atoms with Crippen LogP contribution in [-0.4, -0.2) is 132 Å². The molecule has 1 saturated heterocycles. The lowest BCUT2D eigenvalue weighted by Gasteiger charge is -2.70. The predicted octanol–water partition coefficient (Wildman–Crippen LogP) is -1.79. The first-order valence-electron chi connectivity index (χ1n) is 12.9. The number of ether oxygens (including phenoxy) is 4. The molecular weight excluding hydrogens is 458 g/mol. The quantitative estimate of drug-likeness (QED) is 0.285. The number of hydrogen-bond acceptors (Lipinski definition) is 10. The average Bonchev–Trinajstić information content (AvgIpc) is 3.19. The van der Waals surface area contributed by atoms with Gasteiger partial charge in [0.25, 0.3) is 0 Å². The van der Waals surface area contributed by atoms with Gasteiger partial charge in [0.1, 0.15) is 23.4 Å². The molecule has 0 unspecified atom stereocenters. The number of aliphatic hydroxyl groups excluding tert-OH is 3. The zero-order valence-electron chi connectivity index (χ0n) is 21.2. The van der Waals surface area contributed by atoms with Crippen LogP contribution in [0, 0.1) is 34.5 Å². The van der Waals surface area contributed by atoms with Gasteiger partial charge in [-0.15, -0.1) is 0 Å². The first-order valence-corrected chi connectivity index (χ1v) is 12.9. The van der Waals surface area contributed by atoms with Gasteiger partial charge in [-0.3, -0.25) is 4.90 Å². The van der Waals surface area contributed by atoms with E-state index in [1.807, 2.05) is 0 Å². The lowest BCUT2D eigenvalue weighted by Crippen LogP contribution is -2.81. The van der Waals surface area contributed by atoms with Crippen LogP contribution in [0.4, 0.5) is 0 Å². The standard InChI is InChI=1S/C25H41NO9/c1-6-26-9-22(10-32-2)12(27)7-13(33-3)24-11-8-23(30)19(28)14(11)25(31,20(29)21(23)35-5)15(18(24)26)16(34-4)17(22)24/h11-21,27-31H,6-10H2,1-5H3/t11-,12-,13+,14-,15+,16+,17+,18-,19-,20+,21+,22+,23-,24+,25-/m1/s1. The van der Waals surface area contributed by atoms with E-state index in [0.29, 0.717) is 26.1 Å². The normalized spacial score (nSPS) is 62.4. The van der Waals surface area contributed by atoms with E-state index in [0.717, 1.165) is 0 Å². The lowest BCUT2D eigenvalue weighted by atomic mass is 9.42. The van der Waals surface area contributed by atoms with Gasteiger partial charge in [-0.2, -0.15) is 0 Å². The van der Waals surface area contributed by atoms with E-state index in [4.69, 9.17) is 18.9 Å². The third kappa shape index (κ3) is 2.35. The van der Waals surface area contributed by atoms with Crippen LogP contribution in [0.1, 0.15) is 19.8 Å². The molecule has 200 valence electrons. The Hall–Kier alpha value is -0.400. The molecule has 6 aliphatic rings. The summed E-state index contributed by atoms with van der Waals surface area (Å²) in [5.41, 5.74) is -4.81. The van der Waals surface area contributed by atoms with Crippen LogP contribution in [0.15, 0.2) is 0 Å². The molecule has 5 saturated carbocycles. The summed E-state index contributed by atoms with van der Waals surface area (Å²) in [4.78, 5) is 2.29. The monoisotopic (exact) mass is 499 g/mol. The molecule has 15 atom stereocenters. The van der Waals surface area contributed by atoms with Gasteiger partial charge in [0.2, 0.25) is 0 Å². The molecule has 5 aliphatic carbocycles. The van der Waals surface area contributed by atoms with Gasteiger partial charge in [0.05, 0.1) is 31.0 Å². The summed E-state index contributed by atoms with van der Waals surface area (Å²) in [5.74, 6) is -2.04. The molecule has 5 N–H and O–H groups in total. The highest BCUT2D eigenvalue weighted by atomic mass is 16.5. The summed E-state index contributed by atoms with van der Waals surface area (Å²) < 4.78 is 23.7. The summed E-state index contributed by atoms with van der Waals surface area (Å²) in [7, 11) is 6.29. The molecule has 0 amide bonds. The predicted molar refractivity (Wildman–Crippen MR) is 121 cm³/mol. The van der Waals surface area contributed by atoms with E-state index < -0.39 is 76.4 Å². The van der Waals surface area contributed by atoms with Gasteiger partial charge in [0, 0.05) is 76.0 Å². The number of rotatable bonds is 6. The minimum absolute atomic E-state index is 0.156. The van der Waals surface area contributed by atoms with Crippen molar-refractivity contribution in [3.05, 3.63) is 0 Å². The molecule has 10 heteroatoms. The Morgan fingerprint density at radius 3 is 2.23 bits per heavy atom. The first kappa shape index (κ1) is 24.9. The SMILES string of the molecule is CCN1C[C@]2(COC)[C@H](O)C[C@H](OC)[C@@]34[C@@H]5C[C@@]6(O)[C@H](O)[C@@H]5[C@@](O)([C@@H]([C@H](OC)[C@@H]23)[C@@H]14)[C@@H](O)[C@@H]6OC. The molecule has 10 nitrogen and oxygen atoms in total. The van der Waals surface area contributed by atoms with E-state index in [1.165, 1.54) is 7.11 Å². The highest BCUT2D eigenvalue weighted by Gasteiger charge is 2.90. The van der Waals surface area contributed by atoms with Crippen LogP contribution in [-0.2, 0) is 18.9 Å². The summed E-state index contributed by atoms with van der Waals surface area (Å²) in [5, 5.41) is 59.3. The Kier molecular flexibility index (Phi) is 5.40. The Balaban J connectivity index is 1.68. The maximum atomic E-state index is 12.6. The minimum atomic E-state index is -1.76. The summed E-state index contributed by atoms with van der Waals surface area (Å²) in [6, 6.07) is -0.240. The molecule has 0 aromatic heterocycles. The number of methoxy groups -OCH3 is 4. The lowest BCUT2D eigenvalue weighted by molar-refractivity contribution is -0.320. The van der Waals surface area contributed by atoms with Crippen molar-refractivity contribution in [1.29, 1.82) is 0 Å². The fourth-order valence-corrected chi connectivity index (χ4v) is 11.0. The summed E-state index contributed by atoms with van der Waals surface area (Å²) in [6.07, 6.45) is -4.95. The van der Waals surface area contributed by atoms with Crippen LogP contribution >= 0.6 is 0 Å². The van der Waals surface area contributed by atoms with Crippen molar-refractivity contribution in [3.63, 3.8) is 0 Å². The second kappa shape index (κ2) is 7.59. The van der Waals surface area contributed by atoms with Gasteiger partial charge in [0.15, 0.2) is 0 Å².